The Morgan fingerprint density at radius 2 is 2.05 bits per heavy atom. The molecule has 13 heteroatoms. The van der Waals surface area contributed by atoms with Gasteiger partial charge in [0.1, 0.15) is 10.3 Å². The smallest absolute Gasteiger partial charge is 0.322 e. The first-order valence-electron chi connectivity index (χ1n) is 4.95. The molecule has 1 aromatic rings. The van der Waals surface area contributed by atoms with Gasteiger partial charge in [0.05, 0.1) is 11.3 Å². The third kappa shape index (κ3) is 4.35. The summed E-state index contributed by atoms with van der Waals surface area (Å²) in [4.78, 5) is 31.0. The minimum atomic E-state index is -4.45. The van der Waals surface area contributed by atoms with Crippen LogP contribution >= 0.6 is 22.9 Å². The first-order chi connectivity index (χ1) is 9.54. The van der Waals surface area contributed by atoms with Crippen LogP contribution in [-0.2, 0) is 19.6 Å². The zero-order valence-electron chi connectivity index (χ0n) is 9.85. The molecule has 0 aliphatic rings. The number of halogens is 1. The van der Waals surface area contributed by atoms with Crippen molar-refractivity contribution in [1.29, 1.82) is 0 Å². The quantitative estimate of drug-likeness (QED) is 0.468. The molecule has 0 saturated carbocycles. The van der Waals surface area contributed by atoms with E-state index < -0.39 is 53.6 Å². The number of rotatable bonds is 7. The molecule has 10 nitrogen and oxygen atoms in total. The molecule has 0 unspecified atom stereocenters. The van der Waals surface area contributed by atoms with Crippen LogP contribution < -0.4 is 4.72 Å². The van der Waals surface area contributed by atoms with Gasteiger partial charge in [0.25, 0.3) is 15.7 Å². The highest BCUT2D eigenvalue weighted by molar-refractivity contribution is 7.91. The second-order valence-corrected chi connectivity index (χ2v) is 7.19. The number of aliphatic carboxylic acids is 2. The predicted octanol–water partition coefficient (Wildman–Crippen LogP) is 0.516. The molecular formula is C8H7ClN2O8S2. The molecule has 1 aromatic heterocycles. The van der Waals surface area contributed by atoms with E-state index in [9.17, 15) is 28.1 Å². The third-order valence-electron chi connectivity index (χ3n) is 2.08. The van der Waals surface area contributed by atoms with Crippen LogP contribution in [0.3, 0.4) is 0 Å². The largest absolute Gasteiger partial charge is 0.481 e. The van der Waals surface area contributed by atoms with Crippen molar-refractivity contribution >= 4 is 50.6 Å². The number of nitrogens with zero attached hydrogens (tertiary/aromatic N) is 1. The molecule has 0 bridgehead atoms. The summed E-state index contributed by atoms with van der Waals surface area (Å²) in [6.07, 6.45) is -0.990. The lowest BCUT2D eigenvalue weighted by molar-refractivity contribution is -0.384. The van der Waals surface area contributed by atoms with Crippen LogP contribution in [0.25, 0.3) is 0 Å². The van der Waals surface area contributed by atoms with Crippen molar-refractivity contribution in [1.82, 2.24) is 4.72 Å². The van der Waals surface area contributed by atoms with Crippen molar-refractivity contribution in [2.75, 3.05) is 0 Å². The second kappa shape index (κ2) is 6.34. The molecule has 21 heavy (non-hydrogen) atoms. The molecule has 116 valence electrons. The van der Waals surface area contributed by atoms with Gasteiger partial charge in [-0.3, -0.25) is 19.7 Å². The molecule has 0 aliphatic carbocycles. The Balaban J connectivity index is 3.10. The molecule has 0 amide bonds. The van der Waals surface area contributed by atoms with Crippen LogP contribution in [0.4, 0.5) is 5.69 Å². The Kier molecular flexibility index (Phi) is 5.22. The molecule has 1 atom stereocenters. The fourth-order valence-corrected chi connectivity index (χ4v) is 4.06. The number of hydrogen-bond acceptors (Lipinski definition) is 7. The fraction of sp³-hybridized carbons (Fsp3) is 0.250. The van der Waals surface area contributed by atoms with Crippen LogP contribution in [0.5, 0.6) is 0 Å². The Labute approximate surface area is 126 Å². The van der Waals surface area contributed by atoms with E-state index in [0.29, 0.717) is 17.4 Å². The molecule has 0 aliphatic heterocycles. The van der Waals surface area contributed by atoms with Gasteiger partial charge in [-0.15, -0.1) is 11.3 Å². The Hall–Kier alpha value is -1.76. The van der Waals surface area contributed by atoms with Gasteiger partial charge in [0, 0.05) is 6.07 Å². The monoisotopic (exact) mass is 358 g/mol. The standard InChI is InChI=1S/C8H7ClN2O8S2/c9-7-4(11(16)17)2-6(20-7)21(18,19)10-3(8(14)15)1-5(12)13/h2-3,10H,1H2,(H,12,13)(H,14,15)/t3-/m0/s1. The lowest BCUT2D eigenvalue weighted by Crippen LogP contribution is -2.41. The normalized spacial score (nSPS) is 12.8. The van der Waals surface area contributed by atoms with E-state index in [2.05, 4.69) is 0 Å². The van der Waals surface area contributed by atoms with E-state index in [1.807, 2.05) is 0 Å². The summed E-state index contributed by atoms with van der Waals surface area (Å²) in [7, 11) is -4.45. The highest BCUT2D eigenvalue weighted by Crippen LogP contribution is 2.36. The molecule has 1 rings (SSSR count). The number of nitro groups is 1. The number of sulfonamides is 1. The average Bonchev–Trinajstić information content (AvgIpc) is 2.70. The van der Waals surface area contributed by atoms with E-state index in [1.165, 1.54) is 0 Å². The van der Waals surface area contributed by atoms with Gasteiger partial charge in [-0.25, -0.2) is 8.42 Å². The van der Waals surface area contributed by atoms with Crippen molar-refractivity contribution in [3.8, 4) is 0 Å². The molecule has 1 heterocycles. The molecule has 0 saturated heterocycles. The topological polar surface area (TPSA) is 164 Å². The van der Waals surface area contributed by atoms with E-state index in [1.54, 1.807) is 4.72 Å². The van der Waals surface area contributed by atoms with E-state index in [-0.39, 0.29) is 0 Å². The Bertz CT molecular complexity index is 697. The third-order valence-corrected chi connectivity index (χ3v) is 5.37. The second-order valence-electron chi connectivity index (χ2n) is 3.59. The fourth-order valence-electron chi connectivity index (χ4n) is 1.19. The molecule has 0 aromatic carbocycles. The SMILES string of the molecule is O=C(O)C[C@H](NS(=O)(=O)c1cc([N+](=O)[O-])c(Cl)s1)C(=O)O. The number of thiophene rings is 1. The van der Waals surface area contributed by atoms with Crippen molar-refractivity contribution < 1.29 is 33.1 Å². The van der Waals surface area contributed by atoms with Crippen LogP contribution in [0.1, 0.15) is 6.42 Å². The van der Waals surface area contributed by atoms with Crippen molar-refractivity contribution in [2.24, 2.45) is 0 Å². The summed E-state index contributed by atoms with van der Waals surface area (Å²) in [6.45, 7) is 0. The average molecular weight is 359 g/mol. The number of nitrogens with one attached hydrogen (secondary N) is 1. The summed E-state index contributed by atoms with van der Waals surface area (Å²) < 4.78 is 24.4. The maximum Gasteiger partial charge on any atom is 0.322 e. The number of carbonyl (C=O) groups is 2. The van der Waals surface area contributed by atoms with Gasteiger partial charge in [0.2, 0.25) is 0 Å². The van der Waals surface area contributed by atoms with Gasteiger partial charge in [-0.1, -0.05) is 11.6 Å². The maximum absolute atomic E-state index is 11.9. The van der Waals surface area contributed by atoms with Crippen molar-refractivity contribution in [2.45, 2.75) is 16.7 Å². The zero-order valence-corrected chi connectivity index (χ0v) is 12.2. The van der Waals surface area contributed by atoms with Crippen molar-refractivity contribution in [3.63, 3.8) is 0 Å². The van der Waals surface area contributed by atoms with Gasteiger partial charge >= 0.3 is 11.9 Å². The first kappa shape index (κ1) is 17.3. The number of carboxylic acids is 2. The van der Waals surface area contributed by atoms with Crippen LogP contribution in [0.15, 0.2) is 10.3 Å². The first-order valence-corrected chi connectivity index (χ1v) is 7.63. The van der Waals surface area contributed by atoms with Gasteiger partial charge < -0.3 is 10.2 Å². The molecule has 0 radical (unpaired) electrons. The highest BCUT2D eigenvalue weighted by atomic mass is 35.5. The van der Waals surface area contributed by atoms with Gasteiger partial charge in [-0.2, -0.15) is 4.72 Å². The lowest BCUT2D eigenvalue weighted by atomic mass is 10.2. The Morgan fingerprint density at radius 3 is 2.43 bits per heavy atom. The lowest BCUT2D eigenvalue weighted by Gasteiger charge is -2.11. The minimum Gasteiger partial charge on any atom is -0.481 e. The highest BCUT2D eigenvalue weighted by Gasteiger charge is 2.31. The summed E-state index contributed by atoms with van der Waals surface area (Å²) in [5.74, 6) is -3.22. The van der Waals surface area contributed by atoms with Gasteiger partial charge in [-0.05, 0) is 0 Å². The van der Waals surface area contributed by atoms with Crippen LogP contribution in [0.2, 0.25) is 4.34 Å². The predicted molar refractivity (Wildman–Crippen MR) is 70.0 cm³/mol. The number of hydrogen-bond donors (Lipinski definition) is 3. The summed E-state index contributed by atoms with van der Waals surface area (Å²) in [5, 5.41) is 27.9. The summed E-state index contributed by atoms with van der Waals surface area (Å²) in [6, 6.07) is -1.25. The van der Waals surface area contributed by atoms with Crippen LogP contribution in [0, 0.1) is 10.1 Å². The van der Waals surface area contributed by atoms with Crippen molar-refractivity contribution in [3.05, 3.63) is 20.5 Å². The Morgan fingerprint density at radius 1 is 1.48 bits per heavy atom. The van der Waals surface area contributed by atoms with E-state index in [0.717, 1.165) is 0 Å². The van der Waals surface area contributed by atoms with E-state index >= 15 is 0 Å². The summed E-state index contributed by atoms with van der Waals surface area (Å²) >= 11 is 5.86. The molecule has 0 spiro atoms. The van der Waals surface area contributed by atoms with E-state index in [4.69, 9.17) is 21.8 Å². The van der Waals surface area contributed by atoms with Crippen LogP contribution in [-0.4, -0.2) is 41.5 Å². The molecular weight excluding hydrogens is 352 g/mol. The number of carboxylic acid groups (broad SMARTS) is 2. The van der Waals surface area contributed by atoms with Gasteiger partial charge in [0.15, 0.2) is 4.34 Å². The minimum absolute atomic E-state index is 0.355. The molecule has 0 fully saturated rings. The maximum atomic E-state index is 11.9. The zero-order chi connectivity index (χ0) is 16.4. The molecule has 3 N–H and O–H groups in total. The summed E-state index contributed by atoms with van der Waals surface area (Å²) in [5.41, 5.74) is -0.646.